The zero-order valence-electron chi connectivity index (χ0n) is 16.3. The number of ether oxygens (including phenoxy) is 4. The molecular weight excluding hydrogens is 370 g/mol. The Bertz CT molecular complexity index is 937. The second-order valence-corrected chi connectivity index (χ2v) is 8.30. The van der Waals surface area contributed by atoms with Crippen molar-refractivity contribution in [2.45, 2.75) is 37.3 Å². The van der Waals surface area contributed by atoms with E-state index in [-0.39, 0.29) is 12.8 Å². The first-order valence-corrected chi connectivity index (χ1v) is 10.5. The molecule has 2 aromatic carbocycles. The zero-order valence-corrected chi connectivity index (χ0v) is 16.3. The number of aliphatic hydroxyl groups is 1. The number of nitrogens with zero attached hydrogens (tertiary/aromatic N) is 1. The molecule has 2 aromatic rings. The van der Waals surface area contributed by atoms with Gasteiger partial charge in [-0.2, -0.15) is 0 Å². The van der Waals surface area contributed by atoms with E-state index in [0.717, 1.165) is 60.9 Å². The fraction of sp³-hybridized carbons (Fsp3) is 0.478. The molecule has 3 aliphatic heterocycles. The van der Waals surface area contributed by atoms with Gasteiger partial charge in [-0.15, -0.1) is 0 Å². The van der Waals surface area contributed by atoms with E-state index >= 15 is 0 Å². The van der Waals surface area contributed by atoms with Crippen molar-refractivity contribution in [1.29, 1.82) is 0 Å². The minimum atomic E-state index is -0.475. The normalized spacial score (nSPS) is 25.8. The lowest BCUT2D eigenvalue weighted by atomic mass is 9.87. The first-order chi connectivity index (χ1) is 14.3. The Balaban J connectivity index is 1.17. The number of aliphatic hydroxyl groups excluding tert-OH is 1. The van der Waals surface area contributed by atoms with Crippen molar-refractivity contribution in [3.8, 4) is 23.0 Å². The lowest BCUT2D eigenvalue weighted by Gasteiger charge is -2.38. The summed E-state index contributed by atoms with van der Waals surface area (Å²) >= 11 is 0. The SMILES string of the molecule is O[C@@H]1c2cc3c(cc2C[C@H]1N1CCC(c2cccc4c2OCCO4)CC1)OCO3. The Kier molecular flexibility index (Phi) is 4.09. The van der Waals surface area contributed by atoms with Crippen molar-refractivity contribution in [2.24, 2.45) is 0 Å². The Morgan fingerprint density at radius 2 is 1.66 bits per heavy atom. The largest absolute Gasteiger partial charge is 0.486 e. The maximum Gasteiger partial charge on any atom is 0.231 e. The molecule has 0 spiro atoms. The predicted octanol–water partition coefficient (Wildman–Crippen LogP) is 3.02. The van der Waals surface area contributed by atoms with E-state index in [9.17, 15) is 5.11 Å². The quantitative estimate of drug-likeness (QED) is 0.844. The smallest absolute Gasteiger partial charge is 0.231 e. The molecule has 0 aromatic heterocycles. The molecule has 0 saturated carbocycles. The van der Waals surface area contributed by atoms with Gasteiger partial charge >= 0.3 is 0 Å². The summed E-state index contributed by atoms with van der Waals surface area (Å²) in [5.74, 6) is 3.81. The van der Waals surface area contributed by atoms with Gasteiger partial charge < -0.3 is 24.1 Å². The Morgan fingerprint density at radius 1 is 0.862 bits per heavy atom. The van der Waals surface area contributed by atoms with Crippen molar-refractivity contribution in [3.05, 3.63) is 47.0 Å². The van der Waals surface area contributed by atoms with Crippen LogP contribution >= 0.6 is 0 Å². The van der Waals surface area contributed by atoms with Gasteiger partial charge in [0.1, 0.15) is 13.2 Å². The topological polar surface area (TPSA) is 60.4 Å². The van der Waals surface area contributed by atoms with Crippen LogP contribution in [0.1, 0.15) is 41.6 Å². The van der Waals surface area contributed by atoms with Crippen molar-refractivity contribution in [1.82, 2.24) is 4.90 Å². The predicted molar refractivity (Wildman–Crippen MR) is 106 cm³/mol. The average Bonchev–Trinajstić information content (AvgIpc) is 3.36. The fourth-order valence-electron chi connectivity index (χ4n) is 5.28. The van der Waals surface area contributed by atoms with Crippen molar-refractivity contribution in [3.63, 3.8) is 0 Å². The molecule has 6 nitrogen and oxygen atoms in total. The monoisotopic (exact) mass is 395 g/mol. The number of fused-ring (bicyclic) bond motifs is 3. The second-order valence-electron chi connectivity index (χ2n) is 8.30. The first kappa shape index (κ1) is 17.4. The molecule has 2 atom stereocenters. The van der Waals surface area contributed by atoms with Crippen molar-refractivity contribution in [2.75, 3.05) is 33.1 Å². The number of likely N-dealkylation sites (tertiary alicyclic amines) is 1. The maximum atomic E-state index is 11.0. The van der Waals surface area contributed by atoms with Crippen molar-refractivity contribution >= 4 is 0 Å². The van der Waals surface area contributed by atoms with Crippen LogP contribution in [0, 0.1) is 0 Å². The number of hydrogen-bond donors (Lipinski definition) is 1. The lowest BCUT2D eigenvalue weighted by molar-refractivity contribution is 0.0453. The van der Waals surface area contributed by atoms with Gasteiger partial charge in [-0.1, -0.05) is 12.1 Å². The van der Waals surface area contributed by atoms with Crippen LogP contribution in [0.5, 0.6) is 23.0 Å². The standard InChI is InChI=1S/C23H25NO5/c25-22-17-12-21-20(28-13-29-21)11-15(17)10-18(22)24-6-4-14(5-7-24)16-2-1-3-19-23(16)27-9-8-26-19/h1-3,11-12,14,18,22,25H,4-10,13H2/t18-,22-/m1/s1. The highest BCUT2D eigenvalue weighted by atomic mass is 16.7. The van der Waals surface area contributed by atoms with Crippen LogP contribution in [0.4, 0.5) is 0 Å². The van der Waals surface area contributed by atoms with Gasteiger partial charge in [0.2, 0.25) is 6.79 Å². The fourth-order valence-corrected chi connectivity index (χ4v) is 5.28. The van der Waals surface area contributed by atoms with E-state index in [1.165, 1.54) is 11.1 Å². The van der Waals surface area contributed by atoms with Crippen LogP contribution < -0.4 is 18.9 Å². The van der Waals surface area contributed by atoms with Gasteiger partial charge in [0.15, 0.2) is 23.0 Å². The van der Waals surface area contributed by atoms with Crippen LogP contribution in [0.15, 0.2) is 30.3 Å². The summed E-state index contributed by atoms with van der Waals surface area (Å²) < 4.78 is 22.7. The molecular formula is C23H25NO5. The van der Waals surface area contributed by atoms with Crippen LogP contribution in [0.25, 0.3) is 0 Å². The van der Waals surface area contributed by atoms with E-state index in [2.05, 4.69) is 17.0 Å². The average molecular weight is 395 g/mol. The van der Waals surface area contributed by atoms with Crippen molar-refractivity contribution < 1.29 is 24.1 Å². The van der Waals surface area contributed by atoms with E-state index in [1.54, 1.807) is 0 Å². The number of benzene rings is 2. The highest BCUT2D eigenvalue weighted by Gasteiger charge is 2.38. The number of rotatable bonds is 2. The molecule has 6 heteroatoms. The molecule has 6 rings (SSSR count). The Labute approximate surface area is 169 Å². The minimum Gasteiger partial charge on any atom is -0.486 e. The van der Waals surface area contributed by atoms with Gasteiger partial charge in [-0.25, -0.2) is 0 Å². The molecule has 29 heavy (non-hydrogen) atoms. The first-order valence-electron chi connectivity index (χ1n) is 10.5. The molecule has 1 N–H and O–H groups in total. The summed E-state index contributed by atoms with van der Waals surface area (Å²) in [6.45, 7) is 3.44. The number of hydrogen-bond acceptors (Lipinski definition) is 6. The zero-order chi connectivity index (χ0) is 19.4. The van der Waals surface area contributed by atoms with Crippen LogP contribution in [-0.4, -0.2) is 49.1 Å². The van der Waals surface area contributed by atoms with Gasteiger partial charge in [0.05, 0.1) is 6.10 Å². The maximum absolute atomic E-state index is 11.0. The van der Waals surface area contributed by atoms with E-state index in [1.807, 2.05) is 18.2 Å². The van der Waals surface area contributed by atoms with Crippen LogP contribution in [0.2, 0.25) is 0 Å². The van der Waals surface area contributed by atoms with Crippen LogP contribution in [0.3, 0.4) is 0 Å². The highest BCUT2D eigenvalue weighted by molar-refractivity contribution is 5.52. The molecule has 1 fully saturated rings. The summed E-state index contributed by atoms with van der Waals surface area (Å²) in [5, 5.41) is 11.0. The Morgan fingerprint density at radius 3 is 2.52 bits per heavy atom. The second kappa shape index (κ2) is 6.82. The van der Waals surface area contributed by atoms with E-state index in [4.69, 9.17) is 18.9 Å². The molecule has 3 heterocycles. The van der Waals surface area contributed by atoms with E-state index < -0.39 is 6.10 Å². The van der Waals surface area contributed by atoms with Gasteiger partial charge in [0, 0.05) is 11.6 Å². The van der Waals surface area contributed by atoms with Gasteiger partial charge in [-0.05, 0) is 67.6 Å². The molecule has 1 saturated heterocycles. The minimum absolute atomic E-state index is 0.123. The third-order valence-corrected chi connectivity index (χ3v) is 6.78. The summed E-state index contributed by atoms with van der Waals surface area (Å²) in [6, 6.07) is 10.4. The highest BCUT2D eigenvalue weighted by Crippen LogP contribution is 2.45. The lowest BCUT2D eigenvalue weighted by Crippen LogP contribution is -2.43. The molecule has 0 radical (unpaired) electrons. The summed E-state index contributed by atoms with van der Waals surface area (Å²) in [4.78, 5) is 2.45. The molecule has 0 amide bonds. The van der Waals surface area contributed by atoms with Gasteiger partial charge in [-0.3, -0.25) is 4.90 Å². The summed E-state index contributed by atoms with van der Waals surface area (Å²) in [6.07, 6.45) is 2.50. The summed E-state index contributed by atoms with van der Waals surface area (Å²) in [7, 11) is 0. The number of para-hydroxylation sites is 1. The molecule has 152 valence electrons. The molecule has 0 bridgehead atoms. The third kappa shape index (κ3) is 2.85. The molecule has 1 aliphatic carbocycles. The summed E-state index contributed by atoms with van der Waals surface area (Å²) in [5.41, 5.74) is 3.43. The molecule has 4 aliphatic rings. The number of piperidine rings is 1. The van der Waals surface area contributed by atoms with Gasteiger partial charge in [0.25, 0.3) is 0 Å². The molecule has 0 unspecified atom stereocenters. The Hall–Kier alpha value is -2.44. The van der Waals surface area contributed by atoms with E-state index in [0.29, 0.717) is 19.1 Å². The van der Waals surface area contributed by atoms with Crippen LogP contribution in [-0.2, 0) is 6.42 Å². The third-order valence-electron chi connectivity index (χ3n) is 6.78.